The molecular weight excluding hydrogens is 254 g/mol. The Morgan fingerprint density at radius 3 is 2.84 bits per heavy atom. The van der Waals surface area contributed by atoms with E-state index < -0.39 is 0 Å². The van der Waals surface area contributed by atoms with Gasteiger partial charge in [0.05, 0.1) is 10.2 Å². The number of anilines is 1. The van der Waals surface area contributed by atoms with Crippen LogP contribution in [0.4, 0.5) is 5.13 Å². The topological polar surface area (TPSA) is 28.2 Å². The summed E-state index contributed by atoms with van der Waals surface area (Å²) in [6.45, 7) is 5.88. The lowest BCUT2D eigenvalue weighted by Gasteiger charge is -2.29. The summed E-state index contributed by atoms with van der Waals surface area (Å²) in [6.07, 6.45) is 4.11. The minimum absolute atomic E-state index is 0.457. The number of hydrogen-bond acceptors (Lipinski definition) is 4. The van der Waals surface area contributed by atoms with Crippen LogP contribution in [-0.4, -0.2) is 35.6 Å². The summed E-state index contributed by atoms with van der Waals surface area (Å²) in [7, 11) is 0. The summed E-state index contributed by atoms with van der Waals surface area (Å²) >= 11 is 1.75. The number of hydrogen-bond donors (Lipinski definition) is 1. The highest BCUT2D eigenvalue weighted by Gasteiger charge is 2.14. The van der Waals surface area contributed by atoms with Crippen LogP contribution in [0.2, 0.25) is 0 Å². The molecule has 4 heteroatoms. The average Bonchev–Trinajstić information content (AvgIpc) is 2.81. The molecule has 1 aromatic heterocycles. The molecule has 19 heavy (non-hydrogen) atoms. The van der Waals surface area contributed by atoms with E-state index in [-0.39, 0.29) is 0 Å². The van der Waals surface area contributed by atoms with Gasteiger partial charge in [-0.2, -0.15) is 0 Å². The summed E-state index contributed by atoms with van der Waals surface area (Å²) in [6, 6.07) is 8.78. The molecule has 0 saturated carbocycles. The van der Waals surface area contributed by atoms with Crippen molar-refractivity contribution in [2.24, 2.45) is 0 Å². The van der Waals surface area contributed by atoms with Crippen molar-refractivity contribution in [3.05, 3.63) is 24.3 Å². The van der Waals surface area contributed by atoms with Crippen LogP contribution in [0.1, 0.15) is 26.2 Å². The molecule has 1 aliphatic rings. The minimum atomic E-state index is 0.457. The van der Waals surface area contributed by atoms with E-state index in [4.69, 9.17) is 0 Å². The highest BCUT2D eigenvalue weighted by atomic mass is 32.1. The van der Waals surface area contributed by atoms with Crippen LogP contribution >= 0.6 is 11.3 Å². The maximum Gasteiger partial charge on any atom is 0.184 e. The predicted octanol–water partition coefficient (Wildman–Crippen LogP) is 3.58. The number of thiazole rings is 1. The maximum atomic E-state index is 4.63. The molecular formula is C15H21N3S. The average molecular weight is 275 g/mol. The van der Waals surface area contributed by atoms with Gasteiger partial charge in [0, 0.05) is 12.6 Å². The van der Waals surface area contributed by atoms with Gasteiger partial charge in [0.15, 0.2) is 5.13 Å². The van der Waals surface area contributed by atoms with Crippen LogP contribution in [0.25, 0.3) is 10.2 Å². The Hall–Kier alpha value is -1.13. The first-order valence-electron chi connectivity index (χ1n) is 7.16. The van der Waals surface area contributed by atoms with Gasteiger partial charge in [-0.3, -0.25) is 0 Å². The van der Waals surface area contributed by atoms with E-state index in [0.29, 0.717) is 6.04 Å². The first-order chi connectivity index (χ1) is 9.31. The summed E-state index contributed by atoms with van der Waals surface area (Å²) in [5, 5.41) is 4.59. The summed E-state index contributed by atoms with van der Waals surface area (Å²) in [5.41, 5.74) is 1.10. The predicted molar refractivity (Wildman–Crippen MR) is 83.0 cm³/mol. The standard InChI is InChI=1S/C15H21N3S/c1-12(11-18-9-5-2-6-10-18)16-15-17-13-7-3-4-8-14(13)19-15/h3-4,7-8,12H,2,5-6,9-11H2,1H3,(H,16,17)/t12-/m1/s1. The van der Waals surface area contributed by atoms with Crippen molar-refractivity contribution >= 4 is 26.7 Å². The highest BCUT2D eigenvalue weighted by Crippen LogP contribution is 2.25. The molecule has 1 saturated heterocycles. The van der Waals surface area contributed by atoms with Gasteiger partial charge < -0.3 is 10.2 Å². The lowest BCUT2D eigenvalue weighted by atomic mass is 10.1. The van der Waals surface area contributed by atoms with E-state index in [0.717, 1.165) is 17.2 Å². The van der Waals surface area contributed by atoms with Crippen molar-refractivity contribution in [1.82, 2.24) is 9.88 Å². The molecule has 1 aromatic carbocycles. The molecule has 1 N–H and O–H groups in total. The van der Waals surface area contributed by atoms with Crippen molar-refractivity contribution in [3.63, 3.8) is 0 Å². The van der Waals surface area contributed by atoms with Crippen LogP contribution in [0.3, 0.4) is 0 Å². The molecule has 2 aromatic rings. The van der Waals surface area contributed by atoms with Crippen molar-refractivity contribution in [2.45, 2.75) is 32.2 Å². The van der Waals surface area contributed by atoms with Crippen LogP contribution in [0, 0.1) is 0 Å². The number of piperidine rings is 1. The number of benzene rings is 1. The molecule has 1 atom stereocenters. The van der Waals surface area contributed by atoms with Crippen molar-refractivity contribution in [2.75, 3.05) is 25.0 Å². The van der Waals surface area contributed by atoms with E-state index >= 15 is 0 Å². The Labute approximate surface area is 118 Å². The van der Waals surface area contributed by atoms with Crippen LogP contribution in [0.5, 0.6) is 0 Å². The minimum Gasteiger partial charge on any atom is -0.358 e. The van der Waals surface area contributed by atoms with Gasteiger partial charge in [-0.15, -0.1) is 0 Å². The Morgan fingerprint density at radius 1 is 1.26 bits per heavy atom. The van der Waals surface area contributed by atoms with Gasteiger partial charge in [-0.1, -0.05) is 29.9 Å². The normalized spacial score (nSPS) is 18.6. The fourth-order valence-electron chi connectivity index (χ4n) is 2.72. The molecule has 1 fully saturated rings. The van der Waals surface area contributed by atoms with Crippen LogP contribution in [0.15, 0.2) is 24.3 Å². The van der Waals surface area contributed by atoms with Gasteiger partial charge in [0.1, 0.15) is 0 Å². The van der Waals surface area contributed by atoms with Gasteiger partial charge in [0.25, 0.3) is 0 Å². The molecule has 3 rings (SSSR count). The number of fused-ring (bicyclic) bond motifs is 1. The second-order valence-electron chi connectivity index (χ2n) is 5.39. The third-order valence-electron chi connectivity index (χ3n) is 3.64. The third kappa shape index (κ3) is 3.25. The quantitative estimate of drug-likeness (QED) is 0.924. The molecule has 0 amide bonds. The first-order valence-corrected chi connectivity index (χ1v) is 7.97. The SMILES string of the molecule is C[C@H](CN1CCCCC1)Nc1nc2ccccc2s1. The molecule has 0 bridgehead atoms. The van der Waals surface area contributed by atoms with E-state index in [1.165, 1.54) is 37.1 Å². The fraction of sp³-hybridized carbons (Fsp3) is 0.533. The first kappa shape index (κ1) is 12.9. The molecule has 2 heterocycles. The number of likely N-dealkylation sites (tertiary alicyclic amines) is 1. The molecule has 3 nitrogen and oxygen atoms in total. The number of aromatic nitrogens is 1. The van der Waals surface area contributed by atoms with E-state index in [9.17, 15) is 0 Å². The number of para-hydroxylation sites is 1. The van der Waals surface area contributed by atoms with E-state index in [1.54, 1.807) is 11.3 Å². The molecule has 1 aliphatic heterocycles. The largest absolute Gasteiger partial charge is 0.358 e. The highest BCUT2D eigenvalue weighted by molar-refractivity contribution is 7.22. The van der Waals surface area contributed by atoms with E-state index in [2.05, 4.69) is 40.3 Å². The summed E-state index contributed by atoms with van der Waals surface area (Å²) in [4.78, 5) is 7.20. The van der Waals surface area contributed by atoms with Gasteiger partial charge >= 0.3 is 0 Å². The molecule has 102 valence electrons. The van der Waals surface area contributed by atoms with Crippen molar-refractivity contribution in [3.8, 4) is 0 Å². The van der Waals surface area contributed by atoms with Gasteiger partial charge in [-0.05, 0) is 45.0 Å². The smallest absolute Gasteiger partial charge is 0.184 e. The zero-order chi connectivity index (χ0) is 13.1. The number of nitrogens with one attached hydrogen (secondary N) is 1. The molecule has 0 unspecified atom stereocenters. The Kier molecular flexibility index (Phi) is 3.99. The zero-order valence-corrected chi connectivity index (χ0v) is 12.2. The van der Waals surface area contributed by atoms with E-state index in [1.807, 2.05) is 6.07 Å². The summed E-state index contributed by atoms with van der Waals surface area (Å²) < 4.78 is 1.26. The monoisotopic (exact) mass is 275 g/mol. The Morgan fingerprint density at radius 2 is 2.05 bits per heavy atom. The van der Waals surface area contributed by atoms with Crippen molar-refractivity contribution in [1.29, 1.82) is 0 Å². The third-order valence-corrected chi connectivity index (χ3v) is 4.61. The van der Waals surface area contributed by atoms with Crippen LogP contribution in [-0.2, 0) is 0 Å². The van der Waals surface area contributed by atoms with Crippen LogP contribution < -0.4 is 5.32 Å². The van der Waals surface area contributed by atoms with Gasteiger partial charge in [0.2, 0.25) is 0 Å². The molecule has 0 radical (unpaired) electrons. The number of nitrogens with zero attached hydrogens (tertiary/aromatic N) is 2. The second kappa shape index (κ2) is 5.88. The summed E-state index contributed by atoms with van der Waals surface area (Å²) in [5.74, 6) is 0. The Bertz CT molecular complexity index is 498. The lowest BCUT2D eigenvalue weighted by molar-refractivity contribution is 0.223. The Balaban J connectivity index is 1.60. The lowest BCUT2D eigenvalue weighted by Crippen LogP contribution is -2.38. The fourth-order valence-corrected chi connectivity index (χ4v) is 3.70. The second-order valence-corrected chi connectivity index (χ2v) is 6.42. The van der Waals surface area contributed by atoms with Crippen molar-refractivity contribution < 1.29 is 0 Å². The zero-order valence-electron chi connectivity index (χ0n) is 11.4. The molecule has 0 aliphatic carbocycles. The van der Waals surface area contributed by atoms with Gasteiger partial charge in [-0.25, -0.2) is 4.98 Å². The maximum absolute atomic E-state index is 4.63. The molecule has 0 spiro atoms. The number of rotatable bonds is 4.